The molecule has 1 aliphatic rings. The lowest BCUT2D eigenvalue weighted by Crippen LogP contribution is -2.29. The molecule has 0 unspecified atom stereocenters. The first-order chi connectivity index (χ1) is 14.0. The molecule has 7 nitrogen and oxygen atoms in total. The number of imidazole rings is 1. The first-order valence-corrected chi connectivity index (χ1v) is 9.45. The molecule has 4 rings (SSSR count). The van der Waals surface area contributed by atoms with Gasteiger partial charge in [0.05, 0.1) is 23.1 Å². The van der Waals surface area contributed by atoms with E-state index < -0.39 is 11.8 Å². The normalized spacial score (nSPS) is 12.9. The Bertz CT molecular complexity index is 1080. The summed E-state index contributed by atoms with van der Waals surface area (Å²) in [5.41, 5.74) is 1.27. The minimum atomic E-state index is -0.456. The summed E-state index contributed by atoms with van der Waals surface area (Å²) in [6.07, 6.45) is 6.03. The molecule has 1 N–H and O–H groups in total. The Morgan fingerprint density at radius 3 is 2.52 bits per heavy atom. The number of hydrogen-bond donors (Lipinski definition) is 1. The van der Waals surface area contributed by atoms with Crippen molar-refractivity contribution in [1.82, 2.24) is 14.9 Å². The average molecular weight is 409 g/mol. The van der Waals surface area contributed by atoms with Gasteiger partial charge in [0.2, 0.25) is 0 Å². The summed E-state index contributed by atoms with van der Waals surface area (Å²) in [5.74, 6) is -1.16. The van der Waals surface area contributed by atoms with Crippen LogP contribution in [0.15, 0.2) is 61.2 Å². The minimum absolute atomic E-state index is 0.219. The van der Waals surface area contributed by atoms with Crippen molar-refractivity contribution >= 4 is 35.0 Å². The molecular weight excluding hydrogens is 392 g/mol. The molecule has 146 valence electrons. The van der Waals surface area contributed by atoms with Crippen LogP contribution in [0.1, 0.15) is 37.5 Å². The molecule has 1 aliphatic heterocycles. The molecule has 0 spiro atoms. The van der Waals surface area contributed by atoms with E-state index in [1.165, 1.54) is 12.1 Å². The van der Waals surface area contributed by atoms with Gasteiger partial charge in [-0.05, 0) is 48.9 Å². The fraction of sp³-hybridized carbons (Fsp3) is 0.143. The standard InChI is InChI=1S/C21H17ClN4O3/c22-15-3-5-16(6-4-15)26-20(28)17-7-2-14(12-18(17)21(26)29)19(27)24-8-1-10-25-11-9-23-13-25/h2-7,9,11-13H,1,8,10H2,(H,24,27). The molecule has 8 heteroatoms. The third-order valence-corrected chi connectivity index (χ3v) is 4.92. The Morgan fingerprint density at radius 1 is 1.03 bits per heavy atom. The predicted octanol–water partition coefficient (Wildman–Crippen LogP) is 3.16. The van der Waals surface area contributed by atoms with Crippen LogP contribution in [-0.2, 0) is 6.54 Å². The highest BCUT2D eigenvalue weighted by Crippen LogP contribution is 2.29. The summed E-state index contributed by atoms with van der Waals surface area (Å²) < 4.78 is 1.93. The first-order valence-electron chi connectivity index (χ1n) is 9.07. The zero-order valence-electron chi connectivity index (χ0n) is 15.3. The molecule has 1 aromatic heterocycles. The van der Waals surface area contributed by atoms with Gasteiger partial charge in [0.25, 0.3) is 17.7 Å². The predicted molar refractivity (Wildman–Crippen MR) is 108 cm³/mol. The molecule has 2 aromatic carbocycles. The first kappa shape index (κ1) is 18.9. The van der Waals surface area contributed by atoms with E-state index in [1.54, 1.807) is 42.9 Å². The Kier molecular flexibility index (Phi) is 5.14. The molecule has 0 aliphatic carbocycles. The highest BCUT2D eigenvalue weighted by atomic mass is 35.5. The lowest BCUT2D eigenvalue weighted by molar-refractivity contribution is 0.0923. The summed E-state index contributed by atoms with van der Waals surface area (Å²) in [5, 5.41) is 3.34. The highest BCUT2D eigenvalue weighted by molar-refractivity contribution is 6.35. The lowest BCUT2D eigenvalue weighted by atomic mass is 10.1. The number of halogens is 1. The zero-order chi connectivity index (χ0) is 20.4. The van der Waals surface area contributed by atoms with Gasteiger partial charge in [-0.15, -0.1) is 0 Å². The zero-order valence-corrected chi connectivity index (χ0v) is 16.1. The van der Waals surface area contributed by atoms with Crippen LogP contribution in [0.2, 0.25) is 5.02 Å². The number of aryl methyl sites for hydroxylation is 1. The van der Waals surface area contributed by atoms with Gasteiger partial charge in [-0.1, -0.05) is 11.6 Å². The lowest BCUT2D eigenvalue weighted by Gasteiger charge is -2.13. The van der Waals surface area contributed by atoms with Crippen LogP contribution >= 0.6 is 11.6 Å². The SMILES string of the molecule is O=C(NCCCn1ccnc1)c1ccc2c(c1)C(=O)N(c1ccc(Cl)cc1)C2=O. The largest absolute Gasteiger partial charge is 0.352 e. The number of aromatic nitrogens is 2. The van der Waals surface area contributed by atoms with Crippen molar-refractivity contribution in [3.63, 3.8) is 0 Å². The minimum Gasteiger partial charge on any atom is -0.352 e. The second-order valence-electron chi connectivity index (χ2n) is 6.59. The van der Waals surface area contributed by atoms with Crippen molar-refractivity contribution in [2.75, 3.05) is 11.4 Å². The van der Waals surface area contributed by atoms with Crippen LogP contribution in [0.5, 0.6) is 0 Å². The second-order valence-corrected chi connectivity index (χ2v) is 7.03. The number of carbonyl (C=O) groups is 3. The Hall–Kier alpha value is -3.45. The quantitative estimate of drug-likeness (QED) is 0.501. The summed E-state index contributed by atoms with van der Waals surface area (Å²) in [7, 11) is 0. The monoisotopic (exact) mass is 408 g/mol. The Morgan fingerprint density at radius 2 is 1.79 bits per heavy atom. The van der Waals surface area contributed by atoms with Crippen LogP contribution in [0, 0.1) is 0 Å². The van der Waals surface area contributed by atoms with E-state index in [1.807, 2.05) is 10.8 Å². The molecule has 29 heavy (non-hydrogen) atoms. The fourth-order valence-corrected chi connectivity index (χ4v) is 3.32. The van der Waals surface area contributed by atoms with Crippen molar-refractivity contribution in [3.8, 4) is 0 Å². The van der Waals surface area contributed by atoms with Crippen LogP contribution in [0.3, 0.4) is 0 Å². The van der Waals surface area contributed by atoms with Gasteiger partial charge in [0.1, 0.15) is 0 Å². The molecule has 0 saturated heterocycles. The fourth-order valence-electron chi connectivity index (χ4n) is 3.19. The van der Waals surface area contributed by atoms with Crippen LogP contribution < -0.4 is 10.2 Å². The second kappa shape index (κ2) is 7.89. The molecular formula is C21H17ClN4O3. The number of nitrogens with one attached hydrogen (secondary N) is 1. The summed E-state index contributed by atoms with van der Waals surface area (Å²) in [6.45, 7) is 1.23. The van der Waals surface area contributed by atoms with E-state index in [4.69, 9.17) is 11.6 Å². The summed E-state index contributed by atoms with van der Waals surface area (Å²) in [4.78, 5) is 42.9. The van der Waals surface area contributed by atoms with E-state index in [9.17, 15) is 14.4 Å². The van der Waals surface area contributed by atoms with E-state index in [0.29, 0.717) is 22.8 Å². The van der Waals surface area contributed by atoms with Crippen molar-refractivity contribution in [2.24, 2.45) is 0 Å². The third kappa shape index (κ3) is 3.77. The summed E-state index contributed by atoms with van der Waals surface area (Å²) in [6, 6.07) is 11.0. The molecule has 0 bridgehead atoms. The molecule has 3 aromatic rings. The smallest absolute Gasteiger partial charge is 0.266 e. The number of fused-ring (bicyclic) bond motifs is 1. The maximum absolute atomic E-state index is 12.8. The highest BCUT2D eigenvalue weighted by Gasteiger charge is 2.37. The number of carbonyl (C=O) groups excluding carboxylic acids is 3. The molecule has 0 saturated carbocycles. The van der Waals surface area contributed by atoms with Crippen molar-refractivity contribution in [3.05, 3.63) is 82.9 Å². The average Bonchev–Trinajstić information content (AvgIpc) is 3.33. The van der Waals surface area contributed by atoms with Crippen LogP contribution in [0.4, 0.5) is 5.69 Å². The van der Waals surface area contributed by atoms with E-state index >= 15 is 0 Å². The number of amides is 3. The number of anilines is 1. The molecule has 0 atom stereocenters. The Labute approximate surface area is 171 Å². The van der Waals surface area contributed by atoms with Crippen LogP contribution in [-0.4, -0.2) is 33.8 Å². The van der Waals surface area contributed by atoms with Gasteiger partial charge in [0, 0.05) is 36.1 Å². The maximum Gasteiger partial charge on any atom is 0.266 e. The number of benzene rings is 2. The topological polar surface area (TPSA) is 84.3 Å². The summed E-state index contributed by atoms with van der Waals surface area (Å²) >= 11 is 5.88. The van der Waals surface area contributed by atoms with Crippen LogP contribution in [0.25, 0.3) is 0 Å². The van der Waals surface area contributed by atoms with Gasteiger partial charge in [-0.2, -0.15) is 0 Å². The molecule has 2 heterocycles. The maximum atomic E-state index is 12.8. The number of hydrogen-bond acceptors (Lipinski definition) is 4. The van der Waals surface area contributed by atoms with Crippen molar-refractivity contribution in [2.45, 2.75) is 13.0 Å². The van der Waals surface area contributed by atoms with Gasteiger partial charge in [-0.25, -0.2) is 9.88 Å². The van der Waals surface area contributed by atoms with E-state index in [2.05, 4.69) is 10.3 Å². The Balaban J connectivity index is 1.45. The van der Waals surface area contributed by atoms with E-state index in [0.717, 1.165) is 17.9 Å². The van der Waals surface area contributed by atoms with Gasteiger partial charge >= 0.3 is 0 Å². The van der Waals surface area contributed by atoms with Gasteiger partial charge in [0.15, 0.2) is 0 Å². The van der Waals surface area contributed by atoms with E-state index in [-0.39, 0.29) is 17.0 Å². The van der Waals surface area contributed by atoms with Gasteiger partial charge in [-0.3, -0.25) is 14.4 Å². The number of nitrogens with zero attached hydrogens (tertiary/aromatic N) is 3. The molecule has 0 radical (unpaired) electrons. The number of rotatable bonds is 6. The number of imide groups is 1. The molecule has 0 fully saturated rings. The van der Waals surface area contributed by atoms with Crippen molar-refractivity contribution < 1.29 is 14.4 Å². The van der Waals surface area contributed by atoms with Crippen molar-refractivity contribution in [1.29, 1.82) is 0 Å². The molecule has 3 amide bonds. The third-order valence-electron chi connectivity index (χ3n) is 4.67. The van der Waals surface area contributed by atoms with Gasteiger partial charge < -0.3 is 9.88 Å².